The predicted molar refractivity (Wildman–Crippen MR) is 96.9 cm³/mol. The van der Waals surface area contributed by atoms with Gasteiger partial charge < -0.3 is 21.3 Å². The van der Waals surface area contributed by atoms with E-state index in [0.29, 0.717) is 0 Å². The fourth-order valence-corrected chi connectivity index (χ4v) is 1.000. The molecule has 4 N–H and O–H groups in total. The summed E-state index contributed by atoms with van der Waals surface area (Å²) in [4.78, 5) is 0. The fourth-order valence-electron chi connectivity index (χ4n) is 1.000. The topological polar surface area (TPSA) is 48.1 Å². The zero-order chi connectivity index (χ0) is 16.5. The summed E-state index contributed by atoms with van der Waals surface area (Å²) in [6.07, 6.45) is 0. The van der Waals surface area contributed by atoms with Crippen molar-refractivity contribution < 1.29 is 21.7 Å². The molecule has 0 spiro atoms. The second kappa shape index (κ2) is 49.9. The summed E-state index contributed by atoms with van der Waals surface area (Å²) in [7, 11) is 0. The summed E-state index contributed by atoms with van der Waals surface area (Å²) in [5.74, 6) is 0. The summed E-state index contributed by atoms with van der Waals surface area (Å²) in [6.45, 7) is 25.6. The van der Waals surface area contributed by atoms with Gasteiger partial charge in [0.25, 0.3) is 0 Å². The zero-order valence-electron chi connectivity index (χ0n) is 16.2. The maximum absolute atomic E-state index is 3.11. The molecule has 0 aromatic heterocycles. The van der Waals surface area contributed by atoms with Crippen molar-refractivity contribution in [3.05, 3.63) is 0 Å². The van der Waals surface area contributed by atoms with E-state index in [9.17, 15) is 0 Å². The van der Waals surface area contributed by atoms with Gasteiger partial charge in [0, 0.05) is 21.7 Å². The Bertz CT molecular complexity index is 74.3. The molecule has 0 amide bonds. The molecule has 5 heteroatoms. The molecule has 0 aliphatic carbocycles. The van der Waals surface area contributed by atoms with Crippen molar-refractivity contribution in [1.29, 1.82) is 0 Å². The van der Waals surface area contributed by atoms with Crippen LogP contribution in [0.25, 0.3) is 0 Å². The average molecular weight is 340 g/mol. The summed E-state index contributed by atoms with van der Waals surface area (Å²) in [5.41, 5.74) is 0. The maximum atomic E-state index is 3.11. The van der Waals surface area contributed by atoms with Gasteiger partial charge in [0.05, 0.1) is 0 Å². The van der Waals surface area contributed by atoms with Crippen molar-refractivity contribution in [1.82, 2.24) is 21.3 Å². The van der Waals surface area contributed by atoms with Gasteiger partial charge >= 0.3 is 0 Å². The van der Waals surface area contributed by atoms with E-state index in [1.54, 1.807) is 0 Å². The summed E-state index contributed by atoms with van der Waals surface area (Å²) in [6, 6.07) is 0. The minimum Gasteiger partial charge on any atom is -0.317 e. The Morgan fingerprint density at radius 2 is 0.429 bits per heavy atom. The average Bonchev–Trinajstić information content (AvgIpc) is 2.44. The molecule has 0 aliphatic rings. The van der Waals surface area contributed by atoms with Crippen LogP contribution in [0.5, 0.6) is 0 Å². The maximum Gasteiger partial charge on any atom is 0 e. The van der Waals surface area contributed by atoms with E-state index in [1.807, 2.05) is 0 Å². The third-order valence-corrected chi connectivity index (χ3v) is 2.00. The van der Waals surface area contributed by atoms with E-state index in [4.69, 9.17) is 0 Å². The first-order chi connectivity index (χ1) is 9.66. The van der Waals surface area contributed by atoms with Crippen LogP contribution >= 0.6 is 0 Å². The molecule has 0 aromatic rings. The molecule has 0 heterocycles. The molecule has 0 aromatic carbocycles. The standard InChI is InChI=1S/4C4H11N.Ti/c4*1-3-5-4-2;/h4*5H,3-4H2,1-2H3;. The van der Waals surface area contributed by atoms with Gasteiger partial charge in [-0.1, -0.05) is 55.4 Å². The van der Waals surface area contributed by atoms with Crippen LogP contribution in [0.4, 0.5) is 0 Å². The Labute approximate surface area is 150 Å². The quantitative estimate of drug-likeness (QED) is 0.513. The zero-order valence-corrected chi connectivity index (χ0v) is 17.7. The van der Waals surface area contributed by atoms with E-state index >= 15 is 0 Å². The van der Waals surface area contributed by atoms with Crippen LogP contribution in [0.1, 0.15) is 55.4 Å². The molecule has 0 rings (SSSR count). The Kier molecular flexibility index (Phi) is 78.9. The van der Waals surface area contributed by atoms with Gasteiger partial charge in [0.2, 0.25) is 0 Å². The van der Waals surface area contributed by atoms with Crippen molar-refractivity contribution in [2.24, 2.45) is 0 Å². The molecular weight excluding hydrogens is 296 g/mol. The second-order valence-corrected chi connectivity index (χ2v) is 3.83. The van der Waals surface area contributed by atoms with E-state index in [0.717, 1.165) is 52.4 Å². The minimum atomic E-state index is 0. The SMILES string of the molecule is CCNCC.CCNCC.CCNCC.CCNCC.[Ti]. The molecule has 4 nitrogen and oxygen atoms in total. The third-order valence-electron chi connectivity index (χ3n) is 2.00. The molecule has 21 heavy (non-hydrogen) atoms. The van der Waals surface area contributed by atoms with E-state index in [1.165, 1.54) is 0 Å². The fraction of sp³-hybridized carbons (Fsp3) is 1.00. The van der Waals surface area contributed by atoms with Gasteiger partial charge in [-0.15, -0.1) is 0 Å². The van der Waals surface area contributed by atoms with E-state index in [-0.39, 0.29) is 21.7 Å². The summed E-state index contributed by atoms with van der Waals surface area (Å²) in [5, 5.41) is 12.4. The van der Waals surface area contributed by atoms with Crippen LogP contribution in [-0.4, -0.2) is 52.4 Å². The number of rotatable bonds is 8. The molecule has 0 bridgehead atoms. The normalized spacial score (nSPS) is 8.00. The molecule has 0 saturated heterocycles. The van der Waals surface area contributed by atoms with E-state index in [2.05, 4.69) is 76.7 Å². The van der Waals surface area contributed by atoms with Gasteiger partial charge in [-0.3, -0.25) is 0 Å². The van der Waals surface area contributed by atoms with Gasteiger partial charge in [-0.25, -0.2) is 0 Å². The molecule has 0 saturated carbocycles. The Morgan fingerprint density at radius 1 is 0.333 bits per heavy atom. The van der Waals surface area contributed by atoms with Crippen molar-refractivity contribution in [2.45, 2.75) is 55.4 Å². The van der Waals surface area contributed by atoms with Crippen molar-refractivity contribution in [2.75, 3.05) is 52.4 Å². The van der Waals surface area contributed by atoms with Crippen LogP contribution in [0.3, 0.4) is 0 Å². The molecule has 0 atom stereocenters. The predicted octanol–water partition coefficient (Wildman–Crippen LogP) is 2.46. The number of hydrogen-bond donors (Lipinski definition) is 4. The Hall–Kier alpha value is 0.554. The van der Waals surface area contributed by atoms with Crippen molar-refractivity contribution >= 4 is 0 Å². The van der Waals surface area contributed by atoms with Crippen LogP contribution in [-0.2, 0) is 21.7 Å². The number of hydrogen-bond acceptors (Lipinski definition) is 4. The third kappa shape index (κ3) is 96.7. The molecule has 0 fully saturated rings. The molecule has 0 radical (unpaired) electrons. The Balaban J connectivity index is -0.0000000533. The molecule has 132 valence electrons. The van der Waals surface area contributed by atoms with Gasteiger partial charge in [-0.2, -0.15) is 0 Å². The van der Waals surface area contributed by atoms with Crippen molar-refractivity contribution in [3.8, 4) is 0 Å². The van der Waals surface area contributed by atoms with Crippen molar-refractivity contribution in [3.63, 3.8) is 0 Å². The monoisotopic (exact) mass is 340 g/mol. The van der Waals surface area contributed by atoms with Gasteiger partial charge in [-0.05, 0) is 52.4 Å². The van der Waals surface area contributed by atoms with Crippen LogP contribution in [0.2, 0.25) is 0 Å². The largest absolute Gasteiger partial charge is 0.317 e. The van der Waals surface area contributed by atoms with Gasteiger partial charge in [0.15, 0.2) is 0 Å². The molecule has 0 aliphatic heterocycles. The van der Waals surface area contributed by atoms with Crippen LogP contribution < -0.4 is 21.3 Å². The number of nitrogens with one attached hydrogen (secondary N) is 4. The molecule has 0 unspecified atom stereocenters. The summed E-state index contributed by atoms with van der Waals surface area (Å²) < 4.78 is 0. The Morgan fingerprint density at radius 3 is 0.429 bits per heavy atom. The molecular formula is C16H44N4Ti. The first kappa shape index (κ1) is 33.2. The first-order valence-corrected chi connectivity index (χ1v) is 8.49. The minimum absolute atomic E-state index is 0. The first-order valence-electron chi connectivity index (χ1n) is 8.49. The van der Waals surface area contributed by atoms with E-state index < -0.39 is 0 Å². The van der Waals surface area contributed by atoms with Gasteiger partial charge in [0.1, 0.15) is 0 Å². The summed E-state index contributed by atoms with van der Waals surface area (Å²) >= 11 is 0. The smallest absolute Gasteiger partial charge is 0 e. The van der Waals surface area contributed by atoms with Crippen LogP contribution in [0.15, 0.2) is 0 Å². The van der Waals surface area contributed by atoms with Crippen LogP contribution in [0, 0.1) is 0 Å². The second-order valence-electron chi connectivity index (χ2n) is 3.83.